The van der Waals surface area contributed by atoms with Gasteiger partial charge in [0.05, 0.1) is 12.0 Å². The molecule has 112 valence electrons. The summed E-state index contributed by atoms with van der Waals surface area (Å²) in [7, 11) is 1.35. The second-order valence-electron chi connectivity index (χ2n) is 4.11. The van der Waals surface area contributed by atoms with E-state index in [4.69, 9.17) is 4.74 Å². The van der Waals surface area contributed by atoms with Gasteiger partial charge in [-0.1, -0.05) is 0 Å². The van der Waals surface area contributed by atoms with Crippen molar-refractivity contribution in [2.24, 2.45) is 0 Å². The van der Waals surface area contributed by atoms with Gasteiger partial charge in [-0.15, -0.1) is 11.3 Å². The molecule has 0 saturated heterocycles. The van der Waals surface area contributed by atoms with E-state index in [1.165, 1.54) is 30.6 Å². The van der Waals surface area contributed by atoms with E-state index >= 15 is 0 Å². The number of halogens is 2. The SMILES string of the molecule is COc1ccc(NC(=O)c2ccc(C)s2)cc1OC(F)F. The second kappa shape index (κ2) is 6.53. The van der Waals surface area contributed by atoms with Crippen molar-refractivity contribution in [1.29, 1.82) is 0 Å². The Kier molecular flexibility index (Phi) is 4.74. The van der Waals surface area contributed by atoms with Crippen LogP contribution in [0.5, 0.6) is 11.5 Å². The van der Waals surface area contributed by atoms with Crippen molar-refractivity contribution < 1.29 is 23.0 Å². The Balaban J connectivity index is 2.18. The van der Waals surface area contributed by atoms with E-state index in [0.29, 0.717) is 10.6 Å². The number of rotatable bonds is 5. The molecule has 1 amide bonds. The molecule has 0 atom stereocenters. The number of anilines is 1. The highest BCUT2D eigenvalue weighted by molar-refractivity contribution is 7.14. The lowest BCUT2D eigenvalue weighted by Crippen LogP contribution is -2.11. The summed E-state index contributed by atoms with van der Waals surface area (Å²) in [6, 6.07) is 7.83. The predicted octanol–water partition coefficient (Wildman–Crippen LogP) is 3.92. The van der Waals surface area contributed by atoms with Crippen LogP contribution in [0.2, 0.25) is 0 Å². The number of methoxy groups -OCH3 is 1. The molecule has 0 bridgehead atoms. The number of thiophene rings is 1. The van der Waals surface area contributed by atoms with E-state index in [2.05, 4.69) is 10.1 Å². The van der Waals surface area contributed by atoms with Gasteiger partial charge >= 0.3 is 6.61 Å². The lowest BCUT2D eigenvalue weighted by atomic mass is 10.2. The van der Waals surface area contributed by atoms with Gasteiger partial charge in [0, 0.05) is 16.6 Å². The molecule has 0 unspecified atom stereocenters. The fraction of sp³-hybridized carbons (Fsp3) is 0.214. The molecule has 0 radical (unpaired) electrons. The van der Waals surface area contributed by atoms with Crippen LogP contribution in [0.4, 0.5) is 14.5 Å². The standard InChI is InChI=1S/C14H13F2NO3S/c1-8-3-6-12(21-8)13(18)17-9-4-5-10(19-2)11(7-9)20-14(15)16/h3-7,14H,1-2H3,(H,17,18). The van der Waals surface area contributed by atoms with E-state index in [-0.39, 0.29) is 17.4 Å². The molecule has 0 aliphatic carbocycles. The molecule has 0 aliphatic rings. The molecule has 0 aliphatic heterocycles. The first-order valence-electron chi connectivity index (χ1n) is 6.00. The van der Waals surface area contributed by atoms with Crippen LogP contribution in [-0.4, -0.2) is 19.6 Å². The lowest BCUT2D eigenvalue weighted by molar-refractivity contribution is -0.0511. The van der Waals surface area contributed by atoms with Gasteiger partial charge in [-0.05, 0) is 31.2 Å². The molecule has 1 N–H and O–H groups in total. The summed E-state index contributed by atoms with van der Waals surface area (Å²) in [6.45, 7) is -1.08. The molecule has 0 spiro atoms. The zero-order valence-corrected chi connectivity index (χ0v) is 12.2. The van der Waals surface area contributed by atoms with Gasteiger partial charge < -0.3 is 14.8 Å². The third-order valence-electron chi connectivity index (χ3n) is 2.60. The smallest absolute Gasteiger partial charge is 0.387 e. The average molecular weight is 313 g/mol. The molecule has 0 saturated carbocycles. The van der Waals surface area contributed by atoms with Crippen LogP contribution in [0.15, 0.2) is 30.3 Å². The molecular weight excluding hydrogens is 300 g/mol. The van der Waals surface area contributed by atoms with Gasteiger partial charge in [0.15, 0.2) is 11.5 Å². The number of hydrogen-bond donors (Lipinski definition) is 1. The molecule has 1 heterocycles. The van der Waals surface area contributed by atoms with Gasteiger partial charge in [0.25, 0.3) is 5.91 Å². The molecule has 4 nitrogen and oxygen atoms in total. The Bertz CT molecular complexity index is 643. The minimum Gasteiger partial charge on any atom is -0.493 e. The van der Waals surface area contributed by atoms with E-state index in [9.17, 15) is 13.6 Å². The Hall–Kier alpha value is -2.15. The van der Waals surface area contributed by atoms with Crippen LogP contribution >= 0.6 is 11.3 Å². The molecule has 0 fully saturated rings. The Morgan fingerprint density at radius 1 is 1.24 bits per heavy atom. The van der Waals surface area contributed by atoms with Crippen LogP contribution in [0, 0.1) is 6.92 Å². The lowest BCUT2D eigenvalue weighted by Gasteiger charge is -2.11. The number of amides is 1. The van der Waals surface area contributed by atoms with Crippen molar-refractivity contribution in [3.8, 4) is 11.5 Å². The first-order chi connectivity index (χ1) is 9.99. The van der Waals surface area contributed by atoms with Gasteiger partial charge in [0.2, 0.25) is 0 Å². The van der Waals surface area contributed by atoms with Crippen LogP contribution < -0.4 is 14.8 Å². The fourth-order valence-corrected chi connectivity index (χ4v) is 2.45. The van der Waals surface area contributed by atoms with Crippen molar-refractivity contribution in [2.45, 2.75) is 13.5 Å². The highest BCUT2D eigenvalue weighted by Crippen LogP contribution is 2.31. The van der Waals surface area contributed by atoms with Crippen molar-refractivity contribution in [1.82, 2.24) is 0 Å². The van der Waals surface area contributed by atoms with E-state index < -0.39 is 6.61 Å². The zero-order chi connectivity index (χ0) is 15.4. The molecule has 7 heteroatoms. The summed E-state index contributed by atoms with van der Waals surface area (Å²) in [6.07, 6.45) is 0. The molecule has 1 aromatic carbocycles. The summed E-state index contributed by atoms with van der Waals surface area (Å²) in [5, 5.41) is 2.63. The predicted molar refractivity (Wildman–Crippen MR) is 76.6 cm³/mol. The Morgan fingerprint density at radius 3 is 2.57 bits per heavy atom. The topological polar surface area (TPSA) is 47.6 Å². The minimum atomic E-state index is -2.97. The third-order valence-corrected chi connectivity index (χ3v) is 3.60. The quantitative estimate of drug-likeness (QED) is 0.910. The fourth-order valence-electron chi connectivity index (χ4n) is 1.69. The number of ether oxygens (including phenoxy) is 2. The molecule has 21 heavy (non-hydrogen) atoms. The van der Waals surface area contributed by atoms with Crippen LogP contribution in [0.3, 0.4) is 0 Å². The first-order valence-corrected chi connectivity index (χ1v) is 6.82. The van der Waals surface area contributed by atoms with E-state index in [1.54, 1.807) is 12.1 Å². The van der Waals surface area contributed by atoms with Crippen molar-refractivity contribution >= 4 is 22.9 Å². The molecule has 2 rings (SSSR count). The Morgan fingerprint density at radius 2 is 2.00 bits per heavy atom. The highest BCUT2D eigenvalue weighted by atomic mass is 32.1. The average Bonchev–Trinajstić information content (AvgIpc) is 2.85. The molecule has 1 aromatic heterocycles. The normalized spacial score (nSPS) is 10.5. The summed E-state index contributed by atoms with van der Waals surface area (Å²) < 4.78 is 34.0. The summed E-state index contributed by atoms with van der Waals surface area (Å²) in [4.78, 5) is 13.5. The van der Waals surface area contributed by atoms with Crippen molar-refractivity contribution in [2.75, 3.05) is 12.4 Å². The molecule has 2 aromatic rings. The number of carbonyl (C=O) groups excluding carboxylic acids is 1. The van der Waals surface area contributed by atoms with Crippen LogP contribution in [0.25, 0.3) is 0 Å². The maximum absolute atomic E-state index is 12.3. The zero-order valence-electron chi connectivity index (χ0n) is 11.4. The van der Waals surface area contributed by atoms with Gasteiger partial charge in [-0.3, -0.25) is 4.79 Å². The van der Waals surface area contributed by atoms with Gasteiger partial charge in [-0.25, -0.2) is 0 Å². The number of aryl methyl sites for hydroxylation is 1. The summed E-state index contributed by atoms with van der Waals surface area (Å²) >= 11 is 1.35. The van der Waals surface area contributed by atoms with Crippen LogP contribution in [-0.2, 0) is 0 Å². The van der Waals surface area contributed by atoms with Crippen LogP contribution in [0.1, 0.15) is 14.5 Å². The van der Waals surface area contributed by atoms with E-state index in [0.717, 1.165) is 4.88 Å². The maximum Gasteiger partial charge on any atom is 0.387 e. The largest absolute Gasteiger partial charge is 0.493 e. The minimum absolute atomic E-state index is 0.132. The number of carbonyl (C=O) groups is 1. The van der Waals surface area contributed by atoms with E-state index in [1.807, 2.05) is 13.0 Å². The summed E-state index contributed by atoms with van der Waals surface area (Å²) in [5.74, 6) is -0.269. The highest BCUT2D eigenvalue weighted by Gasteiger charge is 2.13. The first kappa shape index (κ1) is 15.2. The van der Waals surface area contributed by atoms with Gasteiger partial charge in [0.1, 0.15) is 0 Å². The van der Waals surface area contributed by atoms with Gasteiger partial charge in [-0.2, -0.15) is 8.78 Å². The monoisotopic (exact) mass is 313 g/mol. The number of hydrogen-bond acceptors (Lipinski definition) is 4. The number of alkyl halides is 2. The number of nitrogens with one attached hydrogen (secondary N) is 1. The van der Waals surface area contributed by atoms with Crippen molar-refractivity contribution in [3.63, 3.8) is 0 Å². The van der Waals surface area contributed by atoms with Crippen molar-refractivity contribution in [3.05, 3.63) is 40.1 Å². The third kappa shape index (κ3) is 3.91. The second-order valence-corrected chi connectivity index (χ2v) is 5.40. The Labute approximate surface area is 124 Å². The summed E-state index contributed by atoms with van der Waals surface area (Å²) in [5.41, 5.74) is 0.350. The number of benzene rings is 1. The maximum atomic E-state index is 12.3. The molecular formula is C14H13F2NO3S.